The first-order valence-electron chi connectivity index (χ1n) is 4.60. The predicted octanol–water partition coefficient (Wildman–Crippen LogP) is 1.31. The molecular weight excluding hydrogens is 184 g/mol. The minimum atomic E-state index is 0.0318. The van der Waals surface area contributed by atoms with Gasteiger partial charge in [0.1, 0.15) is 0 Å². The Bertz CT molecular complexity index is 194. The molecular formula is C9H18N2OS. The van der Waals surface area contributed by atoms with E-state index in [0.29, 0.717) is 0 Å². The molecule has 1 unspecified atom stereocenters. The Labute approximate surface area is 85.3 Å². The third-order valence-electron chi connectivity index (χ3n) is 2.11. The normalized spacial score (nSPS) is 12.2. The van der Waals surface area contributed by atoms with Gasteiger partial charge in [-0.2, -0.15) is 0 Å². The van der Waals surface area contributed by atoms with E-state index < -0.39 is 0 Å². The smallest absolute Gasteiger partial charge is 0.229 e. The van der Waals surface area contributed by atoms with E-state index >= 15 is 0 Å². The molecule has 76 valence electrons. The second kappa shape index (κ2) is 5.91. The van der Waals surface area contributed by atoms with Crippen molar-refractivity contribution in [2.45, 2.75) is 39.7 Å². The topological polar surface area (TPSA) is 46.3 Å². The van der Waals surface area contributed by atoms with E-state index in [4.69, 9.17) is 18.0 Å². The summed E-state index contributed by atoms with van der Waals surface area (Å²) in [5.74, 6) is 0.0318. The second-order valence-corrected chi connectivity index (χ2v) is 3.60. The lowest BCUT2D eigenvalue weighted by Gasteiger charge is -2.27. The largest absolute Gasteiger partial charge is 0.393 e. The average molecular weight is 202 g/mol. The van der Waals surface area contributed by atoms with Gasteiger partial charge in [0.05, 0.1) is 11.4 Å². The van der Waals surface area contributed by atoms with E-state index in [0.717, 1.165) is 13.0 Å². The van der Waals surface area contributed by atoms with Gasteiger partial charge in [0, 0.05) is 12.6 Å². The molecule has 1 amide bonds. The molecule has 0 aliphatic heterocycles. The first kappa shape index (κ1) is 12.4. The number of carbonyl (C=O) groups excluding carboxylic acids is 1. The van der Waals surface area contributed by atoms with Crippen molar-refractivity contribution in [2.24, 2.45) is 5.73 Å². The number of carbonyl (C=O) groups is 1. The summed E-state index contributed by atoms with van der Waals surface area (Å²) in [6.07, 6.45) is 1.14. The molecule has 0 fully saturated rings. The first-order valence-corrected chi connectivity index (χ1v) is 5.01. The summed E-state index contributed by atoms with van der Waals surface area (Å²) in [7, 11) is 0. The molecule has 0 aliphatic rings. The van der Waals surface area contributed by atoms with Crippen LogP contribution in [-0.4, -0.2) is 28.4 Å². The van der Waals surface area contributed by atoms with Crippen molar-refractivity contribution in [1.29, 1.82) is 0 Å². The maximum atomic E-state index is 11.5. The maximum absolute atomic E-state index is 11.5. The van der Waals surface area contributed by atoms with E-state index in [2.05, 4.69) is 6.92 Å². The molecule has 3 nitrogen and oxygen atoms in total. The van der Waals surface area contributed by atoms with Gasteiger partial charge in [-0.1, -0.05) is 19.1 Å². The van der Waals surface area contributed by atoms with Crippen LogP contribution in [0.5, 0.6) is 0 Å². The van der Waals surface area contributed by atoms with Gasteiger partial charge in [0.2, 0.25) is 5.91 Å². The van der Waals surface area contributed by atoms with Crippen LogP contribution in [0.2, 0.25) is 0 Å². The number of amides is 1. The Kier molecular flexibility index (Phi) is 5.62. The molecule has 0 aliphatic carbocycles. The number of nitrogens with zero attached hydrogens (tertiary/aromatic N) is 1. The van der Waals surface area contributed by atoms with Gasteiger partial charge in [0.25, 0.3) is 0 Å². The van der Waals surface area contributed by atoms with E-state index in [-0.39, 0.29) is 23.4 Å². The standard InChI is InChI=1S/C9H18N2OS/c1-4-7(3)11(5-2)9(12)6-8(10)13/h7H,4-6H2,1-3H3,(H2,10,13). The van der Waals surface area contributed by atoms with Crippen molar-refractivity contribution in [2.75, 3.05) is 6.54 Å². The molecule has 0 spiro atoms. The number of hydrogen-bond donors (Lipinski definition) is 1. The van der Waals surface area contributed by atoms with Crippen molar-refractivity contribution in [3.05, 3.63) is 0 Å². The quantitative estimate of drug-likeness (QED) is 0.684. The Balaban J connectivity index is 4.22. The summed E-state index contributed by atoms with van der Waals surface area (Å²) in [6.45, 7) is 6.77. The molecule has 0 radical (unpaired) electrons. The first-order chi connectivity index (χ1) is 6.02. The highest BCUT2D eigenvalue weighted by atomic mass is 32.1. The third-order valence-corrected chi connectivity index (χ3v) is 2.25. The molecule has 0 saturated carbocycles. The Morgan fingerprint density at radius 2 is 2.08 bits per heavy atom. The van der Waals surface area contributed by atoms with Crippen LogP contribution >= 0.6 is 12.2 Å². The molecule has 4 heteroatoms. The summed E-state index contributed by atoms with van der Waals surface area (Å²) in [6, 6.07) is 0.270. The van der Waals surface area contributed by atoms with Crippen molar-refractivity contribution in [3.63, 3.8) is 0 Å². The van der Waals surface area contributed by atoms with Crippen molar-refractivity contribution < 1.29 is 4.79 Å². The van der Waals surface area contributed by atoms with Gasteiger partial charge in [0.15, 0.2) is 0 Å². The van der Waals surface area contributed by atoms with Crippen LogP contribution in [0.25, 0.3) is 0 Å². The van der Waals surface area contributed by atoms with Gasteiger partial charge >= 0.3 is 0 Å². The van der Waals surface area contributed by atoms with E-state index in [9.17, 15) is 4.79 Å². The molecule has 0 aromatic rings. The lowest BCUT2D eigenvalue weighted by Crippen LogP contribution is -2.39. The third kappa shape index (κ3) is 4.22. The van der Waals surface area contributed by atoms with Gasteiger partial charge in [-0.15, -0.1) is 0 Å². The fourth-order valence-corrected chi connectivity index (χ4v) is 1.33. The van der Waals surface area contributed by atoms with Crippen LogP contribution in [-0.2, 0) is 4.79 Å². The highest BCUT2D eigenvalue weighted by molar-refractivity contribution is 7.80. The zero-order valence-corrected chi connectivity index (χ0v) is 9.36. The highest BCUT2D eigenvalue weighted by Gasteiger charge is 2.16. The molecule has 0 aromatic heterocycles. The summed E-state index contributed by atoms with van der Waals surface area (Å²) in [5.41, 5.74) is 5.31. The molecule has 0 rings (SSSR count). The number of nitrogens with two attached hydrogens (primary N) is 1. The Hall–Kier alpha value is -0.640. The maximum Gasteiger partial charge on any atom is 0.229 e. The van der Waals surface area contributed by atoms with Crippen LogP contribution < -0.4 is 5.73 Å². The fraction of sp³-hybridized carbons (Fsp3) is 0.778. The highest BCUT2D eigenvalue weighted by Crippen LogP contribution is 2.05. The molecule has 0 aromatic carbocycles. The van der Waals surface area contributed by atoms with Crippen LogP contribution in [0.4, 0.5) is 0 Å². The van der Waals surface area contributed by atoms with Gasteiger partial charge in [-0.3, -0.25) is 4.79 Å². The number of hydrogen-bond acceptors (Lipinski definition) is 2. The van der Waals surface area contributed by atoms with Gasteiger partial charge in [-0.05, 0) is 20.3 Å². The Morgan fingerprint density at radius 1 is 1.54 bits per heavy atom. The van der Waals surface area contributed by atoms with Crippen molar-refractivity contribution >= 4 is 23.1 Å². The van der Waals surface area contributed by atoms with Crippen LogP contribution in [0.3, 0.4) is 0 Å². The van der Waals surface area contributed by atoms with Crippen LogP contribution in [0, 0.1) is 0 Å². The SMILES string of the molecule is CCC(C)N(CC)C(=O)CC(N)=S. The number of rotatable bonds is 5. The minimum Gasteiger partial charge on any atom is -0.393 e. The zero-order chi connectivity index (χ0) is 10.4. The second-order valence-electron chi connectivity index (χ2n) is 3.08. The Morgan fingerprint density at radius 3 is 2.38 bits per heavy atom. The molecule has 0 heterocycles. The van der Waals surface area contributed by atoms with Gasteiger partial charge in [-0.25, -0.2) is 0 Å². The zero-order valence-electron chi connectivity index (χ0n) is 8.54. The molecule has 2 N–H and O–H groups in total. The monoisotopic (exact) mass is 202 g/mol. The summed E-state index contributed by atoms with van der Waals surface area (Å²) < 4.78 is 0. The number of thiocarbonyl (C=S) groups is 1. The summed E-state index contributed by atoms with van der Waals surface area (Å²) in [5, 5.41) is 0. The summed E-state index contributed by atoms with van der Waals surface area (Å²) in [4.78, 5) is 13.6. The molecule has 13 heavy (non-hydrogen) atoms. The van der Waals surface area contributed by atoms with Crippen LogP contribution in [0.1, 0.15) is 33.6 Å². The average Bonchev–Trinajstić information content (AvgIpc) is 2.03. The van der Waals surface area contributed by atoms with Crippen LogP contribution in [0.15, 0.2) is 0 Å². The molecule has 1 atom stereocenters. The van der Waals surface area contributed by atoms with E-state index in [1.165, 1.54) is 0 Å². The fourth-order valence-electron chi connectivity index (χ4n) is 1.20. The van der Waals surface area contributed by atoms with E-state index in [1.807, 2.05) is 13.8 Å². The predicted molar refractivity (Wildman–Crippen MR) is 58.5 cm³/mol. The lowest BCUT2D eigenvalue weighted by molar-refractivity contribution is -0.131. The minimum absolute atomic E-state index is 0.0318. The van der Waals surface area contributed by atoms with Crippen molar-refractivity contribution in [1.82, 2.24) is 4.90 Å². The molecule has 0 bridgehead atoms. The van der Waals surface area contributed by atoms with E-state index in [1.54, 1.807) is 4.90 Å². The molecule has 0 saturated heterocycles. The summed E-state index contributed by atoms with van der Waals surface area (Å²) >= 11 is 4.69. The lowest BCUT2D eigenvalue weighted by atomic mass is 10.2. The van der Waals surface area contributed by atoms with Crippen molar-refractivity contribution in [3.8, 4) is 0 Å². The van der Waals surface area contributed by atoms with Gasteiger partial charge < -0.3 is 10.6 Å².